The lowest BCUT2D eigenvalue weighted by molar-refractivity contribution is -0.116. The number of H-pyrrole nitrogens is 1. The van der Waals surface area contributed by atoms with E-state index in [1.807, 2.05) is 0 Å². The van der Waals surface area contributed by atoms with Gasteiger partial charge in [-0.1, -0.05) is 23.2 Å². The average molecular weight is 382 g/mol. The lowest BCUT2D eigenvalue weighted by atomic mass is 10.2. The minimum absolute atomic E-state index is 0.114. The molecule has 25 heavy (non-hydrogen) atoms. The molecule has 0 saturated heterocycles. The predicted octanol–water partition coefficient (Wildman–Crippen LogP) is 2.77. The number of rotatable bonds is 3. The number of aromatic nitrogens is 2. The van der Waals surface area contributed by atoms with Gasteiger partial charge < -0.3 is 10.3 Å². The summed E-state index contributed by atoms with van der Waals surface area (Å²) in [5.74, 6) is -1.15. The zero-order valence-electron chi connectivity index (χ0n) is 12.5. The molecule has 0 saturated carbocycles. The van der Waals surface area contributed by atoms with Gasteiger partial charge in [0.05, 0.1) is 11.0 Å². The summed E-state index contributed by atoms with van der Waals surface area (Å²) in [6.45, 7) is -0.435. The van der Waals surface area contributed by atoms with E-state index in [-0.39, 0.29) is 11.0 Å². The van der Waals surface area contributed by atoms with Crippen molar-refractivity contribution in [2.24, 2.45) is 0 Å². The summed E-state index contributed by atoms with van der Waals surface area (Å²) >= 11 is 11.7. The molecule has 0 aliphatic carbocycles. The van der Waals surface area contributed by atoms with Gasteiger partial charge in [0.2, 0.25) is 5.91 Å². The highest BCUT2D eigenvalue weighted by Crippen LogP contribution is 2.22. The SMILES string of the molecule is O=C(Cn1c(=O)c(=O)[nH]c2cc(F)ccc21)Nc1cc(Cl)cc(Cl)c1. The fourth-order valence-corrected chi connectivity index (χ4v) is 2.90. The molecule has 3 aromatic rings. The lowest BCUT2D eigenvalue weighted by Gasteiger charge is -2.10. The van der Waals surface area contributed by atoms with Gasteiger partial charge in [0.1, 0.15) is 12.4 Å². The summed E-state index contributed by atoms with van der Waals surface area (Å²) < 4.78 is 14.3. The van der Waals surface area contributed by atoms with Crippen molar-refractivity contribution in [1.29, 1.82) is 0 Å². The number of fused-ring (bicyclic) bond motifs is 1. The third-order valence-electron chi connectivity index (χ3n) is 3.39. The molecule has 0 fully saturated rings. The van der Waals surface area contributed by atoms with Crippen LogP contribution >= 0.6 is 23.2 Å². The summed E-state index contributed by atoms with van der Waals surface area (Å²) in [5.41, 5.74) is -1.18. The number of benzene rings is 2. The van der Waals surface area contributed by atoms with Gasteiger partial charge in [0, 0.05) is 15.7 Å². The molecule has 3 rings (SSSR count). The molecule has 0 spiro atoms. The summed E-state index contributed by atoms with van der Waals surface area (Å²) in [6.07, 6.45) is 0. The maximum atomic E-state index is 13.3. The van der Waals surface area contributed by atoms with E-state index < -0.39 is 29.4 Å². The summed E-state index contributed by atoms with van der Waals surface area (Å²) in [5, 5.41) is 3.20. The van der Waals surface area contributed by atoms with Crippen molar-refractivity contribution in [2.75, 3.05) is 5.32 Å². The highest BCUT2D eigenvalue weighted by atomic mass is 35.5. The number of aromatic amines is 1. The van der Waals surface area contributed by atoms with Gasteiger partial charge in [0.25, 0.3) is 0 Å². The van der Waals surface area contributed by atoms with Gasteiger partial charge >= 0.3 is 11.1 Å². The normalized spacial score (nSPS) is 10.8. The molecule has 128 valence electrons. The Labute approximate surface area is 149 Å². The molecule has 0 aliphatic heterocycles. The van der Waals surface area contributed by atoms with Crippen LogP contribution < -0.4 is 16.4 Å². The van der Waals surface area contributed by atoms with Crippen molar-refractivity contribution in [2.45, 2.75) is 6.54 Å². The molecule has 0 radical (unpaired) electrons. The van der Waals surface area contributed by atoms with Crippen LogP contribution in [0.1, 0.15) is 0 Å². The molecular formula is C16H10Cl2FN3O3. The molecule has 1 heterocycles. The minimum atomic E-state index is -0.948. The van der Waals surface area contributed by atoms with Crippen molar-refractivity contribution in [3.05, 3.63) is 73.0 Å². The van der Waals surface area contributed by atoms with Gasteiger partial charge in [-0.25, -0.2) is 4.39 Å². The second-order valence-electron chi connectivity index (χ2n) is 5.21. The highest BCUT2D eigenvalue weighted by molar-refractivity contribution is 6.35. The number of carbonyl (C=O) groups is 1. The van der Waals surface area contributed by atoms with Crippen molar-refractivity contribution in [3.63, 3.8) is 0 Å². The van der Waals surface area contributed by atoms with Gasteiger partial charge in [-0.2, -0.15) is 0 Å². The molecule has 2 aromatic carbocycles. The Kier molecular flexibility index (Phi) is 4.61. The Hall–Kier alpha value is -2.64. The molecule has 0 bridgehead atoms. The van der Waals surface area contributed by atoms with Gasteiger partial charge in [-0.3, -0.25) is 19.0 Å². The highest BCUT2D eigenvalue weighted by Gasteiger charge is 2.12. The Morgan fingerprint density at radius 3 is 2.48 bits per heavy atom. The van der Waals surface area contributed by atoms with E-state index in [1.165, 1.54) is 24.3 Å². The molecule has 1 amide bonds. The third kappa shape index (κ3) is 3.72. The minimum Gasteiger partial charge on any atom is -0.324 e. The fraction of sp³-hybridized carbons (Fsp3) is 0.0625. The fourth-order valence-electron chi connectivity index (χ4n) is 2.38. The first-order chi connectivity index (χ1) is 11.8. The molecule has 2 N–H and O–H groups in total. The van der Waals surface area contributed by atoms with E-state index in [1.54, 1.807) is 0 Å². The quantitative estimate of drug-likeness (QED) is 0.684. The van der Waals surface area contributed by atoms with Crippen molar-refractivity contribution in [3.8, 4) is 0 Å². The van der Waals surface area contributed by atoms with Crippen molar-refractivity contribution < 1.29 is 9.18 Å². The van der Waals surface area contributed by atoms with Crippen LogP contribution in [0.15, 0.2) is 46.0 Å². The number of nitrogens with zero attached hydrogens (tertiary/aromatic N) is 1. The maximum absolute atomic E-state index is 13.3. The molecule has 1 aromatic heterocycles. The number of anilines is 1. The van der Waals surface area contributed by atoms with E-state index in [4.69, 9.17) is 23.2 Å². The van der Waals surface area contributed by atoms with Crippen molar-refractivity contribution >= 4 is 45.8 Å². The molecule has 0 atom stereocenters. The van der Waals surface area contributed by atoms with Gasteiger partial charge in [-0.05, 0) is 36.4 Å². The second kappa shape index (κ2) is 6.70. The molecule has 6 nitrogen and oxygen atoms in total. The number of hydrogen-bond acceptors (Lipinski definition) is 3. The van der Waals surface area contributed by atoms with Crippen LogP contribution in [0.4, 0.5) is 10.1 Å². The van der Waals surface area contributed by atoms with Crippen LogP contribution in [0.3, 0.4) is 0 Å². The van der Waals surface area contributed by atoms with Crippen LogP contribution in [0.5, 0.6) is 0 Å². The standard InChI is InChI=1S/C16H10Cl2FN3O3/c17-8-3-9(18)5-11(4-8)20-14(23)7-22-13-2-1-10(19)6-12(13)21-15(24)16(22)25/h1-6H,7H2,(H,20,23)(H,21,24). The van der Waals surface area contributed by atoms with Crippen LogP contribution in [-0.2, 0) is 11.3 Å². The molecule has 0 aliphatic rings. The largest absolute Gasteiger partial charge is 0.324 e. The van der Waals surface area contributed by atoms with E-state index >= 15 is 0 Å². The third-order valence-corrected chi connectivity index (χ3v) is 3.82. The van der Waals surface area contributed by atoms with Crippen LogP contribution in [-0.4, -0.2) is 15.5 Å². The van der Waals surface area contributed by atoms with E-state index in [2.05, 4.69) is 10.3 Å². The smallest absolute Gasteiger partial charge is 0.317 e. The molecular weight excluding hydrogens is 372 g/mol. The second-order valence-corrected chi connectivity index (χ2v) is 6.09. The summed E-state index contributed by atoms with van der Waals surface area (Å²) in [6, 6.07) is 7.99. The lowest BCUT2D eigenvalue weighted by Crippen LogP contribution is -2.38. The first kappa shape index (κ1) is 17.2. The van der Waals surface area contributed by atoms with Gasteiger partial charge in [-0.15, -0.1) is 0 Å². The number of halogens is 3. The topological polar surface area (TPSA) is 84.0 Å². The molecule has 9 heteroatoms. The van der Waals surface area contributed by atoms with Crippen LogP contribution in [0, 0.1) is 5.82 Å². The average Bonchev–Trinajstić information content (AvgIpc) is 2.50. The Morgan fingerprint density at radius 1 is 1.12 bits per heavy atom. The van der Waals surface area contributed by atoms with E-state index in [0.29, 0.717) is 15.7 Å². The van der Waals surface area contributed by atoms with Crippen LogP contribution in [0.25, 0.3) is 11.0 Å². The number of amides is 1. The maximum Gasteiger partial charge on any atom is 0.317 e. The predicted molar refractivity (Wildman–Crippen MR) is 93.9 cm³/mol. The number of hydrogen-bond donors (Lipinski definition) is 2. The zero-order valence-corrected chi connectivity index (χ0v) is 14.0. The Morgan fingerprint density at radius 2 is 1.80 bits per heavy atom. The first-order valence-electron chi connectivity index (χ1n) is 7.02. The summed E-state index contributed by atoms with van der Waals surface area (Å²) in [7, 11) is 0. The molecule has 0 unspecified atom stereocenters. The Balaban J connectivity index is 1.97. The number of carbonyl (C=O) groups excluding carboxylic acids is 1. The monoisotopic (exact) mass is 381 g/mol. The van der Waals surface area contributed by atoms with Crippen LogP contribution in [0.2, 0.25) is 10.0 Å². The number of nitrogens with one attached hydrogen (secondary N) is 2. The van der Waals surface area contributed by atoms with E-state index in [0.717, 1.165) is 16.7 Å². The Bertz CT molecular complexity index is 1090. The summed E-state index contributed by atoms with van der Waals surface area (Å²) in [4.78, 5) is 38.3. The van der Waals surface area contributed by atoms with Crippen molar-refractivity contribution in [1.82, 2.24) is 9.55 Å². The van der Waals surface area contributed by atoms with E-state index in [9.17, 15) is 18.8 Å². The first-order valence-corrected chi connectivity index (χ1v) is 7.77. The zero-order chi connectivity index (χ0) is 18.1. The van der Waals surface area contributed by atoms with Gasteiger partial charge in [0.15, 0.2) is 0 Å².